The summed E-state index contributed by atoms with van der Waals surface area (Å²) < 4.78 is 0. The van der Waals surface area contributed by atoms with Crippen molar-refractivity contribution in [2.24, 2.45) is 0 Å². The molecule has 3 heterocycles. The largest absolute Gasteiger partial charge is 0.390 e. The maximum atomic E-state index is 12.4. The number of thiophene rings is 1. The topological polar surface area (TPSA) is 110 Å². The highest BCUT2D eigenvalue weighted by molar-refractivity contribution is 7.14. The van der Waals surface area contributed by atoms with Gasteiger partial charge in [-0.2, -0.15) is 0 Å². The third kappa shape index (κ3) is 1.45. The summed E-state index contributed by atoms with van der Waals surface area (Å²) >= 11 is 1.12. The third-order valence-corrected chi connectivity index (χ3v) is 4.56. The lowest BCUT2D eigenvalue weighted by atomic mass is 9.89. The highest BCUT2D eigenvalue weighted by Crippen LogP contribution is 2.38. The molecule has 3 N–H and O–H groups in total. The van der Waals surface area contributed by atoms with Gasteiger partial charge in [0, 0.05) is 11.8 Å². The van der Waals surface area contributed by atoms with Gasteiger partial charge in [0.25, 0.3) is 17.7 Å². The fraction of sp³-hybridized carbons (Fsp3) is 0.333. The summed E-state index contributed by atoms with van der Waals surface area (Å²) in [6.07, 6.45) is 0.199. The number of nitrogens with zero attached hydrogens (tertiary/aromatic N) is 1. The molecule has 0 spiro atoms. The summed E-state index contributed by atoms with van der Waals surface area (Å²) in [6.45, 7) is 1.48. The van der Waals surface area contributed by atoms with E-state index in [0.29, 0.717) is 0 Å². The van der Waals surface area contributed by atoms with Crippen LogP contribution >= 0.6 is 11.3 Å². The van der Waals surface area contributed by atoms with Crippen molar-refractivity contribution in [3.05, 3.63) is 16.5 Å². The van der Waals surface area contributed by atoms with Crippen molar-refractivity contribution in [1.29, 1.82) is 0 Å². The third-order valence-electron chi connectivity index (χ3n) is 3.74. The number of nitrogen functional groups attached to an aromatic ring is 1. The second-order valence-electron chi connectivity index (χ2n) is 4.99. The molecule has 3 rings (SSSR count). The molecule has 1 aromatic heterocycles. The number of anilines is 1. The Hall–Kier alpha value is -2.22. The smallest absolute Gasteiger partial charge is 0.265 e. The predicted molar refractivity (Wildman–Crippen MR) is 70.0 cm³/mol. The Bertz CT molecular complexity index is 680. The Kier molecular flexibility index (Phi) is 2.49. The normalized spacial score (nSPS) is 25.9. The lowest BCUT2D eigenvalue weighted by molar-refractivity contribution is -0.140. The van der Waals surface area contributed by atoms with Gasteiger partial charge >= 0.3 is 0 Å². The van der Waals surface area contributed by atoms with E-state index in [4.69, 9.17) is 5.73 Å². The number of nitrogens with one attached hydrogen (secondary N) is 1. The number of piperidine rings is 1. The van der Waals surface area contributed by atoms with Crippen LogP contribution in [0.5, 0.6) is 0 Å². The van der Waals surface area contributed by atoms with Crippen LogP contribution in [-0.2, 0) is 9.59 Å². The number of carbonyl (C=O) groups is 4. The number of hydrogen-bond donors (Lipinski definition) is 2. The second-order valence-corrected chi connectivity index (χ2v) is 5.90. The lowest BCUT2D eigenvalue weighted by Gasteiger charge is -2.38. The number of fused-ring (bicyclic) bond motifs is 1. The van der Waals surface area contributed by atoms with Crippen LogP contribution in [0.25, 0.3) is 0 Å². The van der Waals surface area contributed by atoms with Gasteiger partial charge in [-0.05, 0) is 13.3 Å². The van der Waals surface area contributed by atoms with Crippen molar-refractivity contribution in [3.63, 3.8) is 0 Å². The average Bonchev–Trinajstić information content (AvgIpc) is 2.87. The standard InChI is InChI=1S/C12H11N3O4S/c1-12(3-2-6(16)14-11(12)19)15-9(17)5-4-20-8(13)7(5)10(15)18/h4H,2-3,13H2,1H3,(H,14,16,19). The molecule has 0 radical (unpaired) electrons. The number of carbonyl (C=O) groups excluding carboxylic acids is 4. The fourth-order valence-corrected chi connectivity index (χ4v) is 3.31. The molecule has 1 aromatic rings. The summed E-state index contributed by atoms with van der Waals surface area (Å²) in [5.41, 5.74) is 4.73. The van der Waals surface area contributed by atoms with Crippen molar-refractivity contribution < 1.29 is 19.2 Å². The molecule has 1 atom stereocenters. The van der Waals surface area contributed by atoms with Crippen LogP contribution < -0.4 is 11.1 Å². The SMILES string of the molecule is CC1(N2C(=O)c3csc(N)c3C2=O)CCC(=O)NC1=O. The molecule has 0 aromatic carbocycles. The number of hydrogen-bond acceptors (Lipinski definition) is 6. The summed E-state index contributed by atoms with van der Waals surface area (Å²) in [5.74, 6) is -2.15. The van der Waals surface area contributed by atoms with Gasteiger partial charge in [0.2, 0.25) is 5.91 Å². The quantitative estimate of drug-likeness (QED) is 0.715. The van der Waals surface area contributed by atoms with E-state index in [0.717, 1.165) is 16.2 Å². The predicted octanol–water partition coefficient (Wildman–Crippen LogP) is 0.122. The van der Waals surface area contributed by atoms with Crippen LogP contribution in [0.2, 0.25) is 0 Å². The van der Waals surface area contributed by atoms with Gasteiger partial charge in [0.15, 0.2) is 0 Å². The van der Waals surface area contributed by atoms with E-state index in [2.05, 4.69) is 5.32 Å². The summed E-state index contributed by atoms with van der Waals surface area (Å²) in [4.78, 5) is 48.9. The first-order valence-corrected chi connectivity index (χ1v) is 6.84. The zero-order valence-electron chi connectivity index (χ0n) is 10.6. The lowest BCUT2D eigenvalue weighted by Crippen LogP contribution is -2.62. The van der Waals surface area contributed by atoms with Crippen LogP contribution in [0, 0.1) is 0 Å². The Morgan fingerprint density at radius 2 is 2.00 bits per heavy atom. The molecule has 7 nitrogen and oxygen atoms in total. The number of imide groups is 2. The van der Waals surface area contributed by atoms with Crippen molar-refractivity contribution in [3.8, 4) is 0 Å². The minimum absolute atomic E-state index is 0.0849. The van der Waals surface area contributed by atoms with E-state index in [1.807, 2.05) is 0 Å². The summed E-state index contributed by atoms with van der Waals surface area (Å²) in [6, 6.07) is 0. The van der Waals surface area contributed by atoms with Crippen LogP contribution in [0.15, 0.2) is 5.38 Å². The van der Waals surface area contributed by atoms with Crippen molar-refractivity contribution >= 4 is 40.0 Å². The van der Waals surface area contributed by atoms with E-state index < -0.39 is 29.2 Å². The molecular weight excluding hydrogens is 282 g/mol. The van der Waals surface area contributed by atoms with Gasteiger partial charge in [-0.1, -0.05) is 0 Å². The van der Waals surface area contributed by atoms with Crippen molar-refractivity contribution in [1.82, 2.24) is 10.2 Å². The Morgan fingerprint density at radius 3 is 2.60 bits per heavy atom. The van der Waals surface area contributed by atoms with Gasteiger partial charge in [0.1, 0.15) is 5.54 Å². The minimum Gasteiger partial charge on any atom is -0.390 e. The summed E-state index contributed by atoms with van der Waals surface area (Å²) in [5, 5.41) is 3.94. The maximum absolute atomic E-state index is 12.4. The molecule has 0 aliphatic carbocycles. The molecule has 104 valence electrons. The Morgan fingerprint density at radius 1 is 1.30 bits per heavy atom. The molecule has 2 aliphatic rings. The van der Waals surface area contributed by atoms with Gasteiger partial charge in [0.05, 0.1) is 16.1 Å². The van der Waals surface area contributed by atoms with E-state index in [9.17, 15) is 19.2 Å². The molecule has 0 saturated carbocycles. The first kappa shape index (κ1) is 12.8. The monoisotopic (exact) mass is 293 g/mol. The van der Waals surface area contributed by atoms with E-state index in [-0.39, 0.29) is 29.0 Å². The Balaban J connectivity index is 2.04. The molecular formula is C12H11N3O4S. The molecule has 8 heteroatoms. The second kappa shape index (κ2) is 3.89. The number of amides is 4. The van der Waals surface area contributed by atoms with E-state index in [1.54, 1.807) is 0 Å². The van der Waals surface area contributed by atoms with Gasteiger partial charge in [-0.3, -0.25) is 29.4 Å². The van der Waals surface area contributed by atoms with Gasteiger partial charge in [-0.25, -0.2) is 0 Å². The van der Waals surface area contributed by atoms with Gasteiger partial charge < -0.3 is 5.73 Å². The minimum atomic E-state index is -1.36. The molecule has 1 saturated heterocycles. The van der Waals surface area contributed by atoms with Crippen molar-refractivity contribution in [2.75, 3.05) is 5.73 Å². The highest BCUT2D eigenvalue weighted by atomic mass is 32.1. The molecule has 20 heavy (non-hydrogen) atoms. The van der Waals surface area contributed by atoms with Crippen LogP contribution in [-0.4, -0.2) is 34.1 Å². The van der Waals surface area contributed by atoms with Crippen molar-refractivity contribution in [2.45, 2.75) is 25.3 Å². The first-order valence-electron chi connectivity index (χ1n) is 5.96. The highest BCUT2D eigenvalue weighted by Gasteiger charge is 2.53. The Labute approximate surface area is 117 Å². The first-order chi connectivity index (χ1) is 9.36. The van der Waals surface area contributed by atoms with E-state index >= 15 is 0 Å². The van der Waals surface area contributed by atoms with Crippen LogP contribution in [0.4, 0.5) is 5.00 Å². The molecule has 1 fully saturated rings. The zero-order valence-corrected chi connectivity index (χ0v) is 11.4. The molecule has 1 unspecified atom stereocenters. The zero-order chi connectivity index (χ0) is 14.7. The number of nitrogens with two attached hydrogens (primary N) is 1. The fourth-order valence-electron chi connectivity index (χ4n) is 2.53. The van der Waals surface area contributed by atoms with E-state index in [1.165, 1.54) is 12.3 Å². The van der Waals surface area contributed by atoms with Crippen LogP contribution in [0.1, 0.15) is 40.5 Å². The number of rotatable bonds is 1. The molecule has 4 amide bonds. The average molecular weight is 293 g/mol. The summed E-state index contributed by atoms with van der Waals surface area (Å²) in [7, 11) is 0. The van der Waals surface area contributed by atoms with Crippen LogP contribution in [0.3, 0.4) is 0 Å². The van der Waals surface area contributed by atoms with Gasteiger partial charge in [-0.15, -0.1) is 11.3 Å². The molecule has 0 bridgehead atoms. The molecule has 2 aliphatic heterocycles. The maximum Gasteiger partial charge on any atom is 0.265 e.